The number of Topliss-reactive ketones (excluding diaryl/α,β-unsaturated/α-hetero) is 1. The molecule has 2 nitrogen and oxygen atoms in total. The molecular formula is C16H17NOS2. The van der Waals surface area contributed by atoms with Gasteiger partial charge < -0.3 is 0 Å². The summed E-state index contributed by atoms with van der Waals surface area (Å²) in [6, 6.07) is 8.38. The summed E-state index contributed by atoms with van der Waals surface area (Å²) in [7, 11) is 0. The molecule has 0 saturated carbocycles. The molecule has 1 aromatic heterocycles. The molecule has 0 spiro atoms. The molecular weight excluding hydrogens is 286 g/mol. The van der Waals surface area contributed by atoms with Gasteiger partial charge in [-0.15, -0.1) is 23.1 Å². The molecule has 1 heterocycles. The number of nitrogens with zero attached hydrogens (tertiary/aromatic N) is 1. The first-order valence-corrected chi connectivity index (χ1v) is 8.70. The number of benzene rings is 1. The summed E-state index contributed by atoms with van der Waals surface area (Å²) in [5, 5.41) is 0.966. The maximum atomic E-state index is 12.2. The molecule has 0 atom stereocenters. The summed E-state index contributed by atoms with van der Waals surface area (Å²) in [6.45, 7) is 4.28. The number of thioether (sulfide) groups is 1. The minimum absolute atomic E-state index is 0.0398. The van der Waals surface area contributed by atoms with Crippen molar-refractivity contribution in [1.82, 2.24) is 4.98 Å². The van der Waals surface area contributed by atoms with E-state index in [0.717, 1.165) is 27.6 Å². The summed E-state index contributed by atoms with van der Waals surface area (Å²) >= 11 is 3.27. The van der Waals surface area contributed by atoms with E-state index in [1.165, 1.54) is 4.90 Å². The number of aromatic nitrogens is 1. The van der Waals surface area contributed by atoms with Gasteiger partial charge in [-0.1, -0.05) is 26.0 Å². The van der Waals surface area contributed by atoms with Crippen LogP contribution in [-0.2, 0) is 6.42 Å². The highest BCUT2D eigenvalue weighted by atomic mass is 32.2. The number of carbonyl (C=O) groups excluding carboxylic acids is 1. The van der Waals surface area contributed by atoms with Crippen molar-refractivity contribution in [3.63, 3.8) is 0 Å². The van der Waals surface area contributed by atoms with Crippen molar-refractivity contribution in [2.24, 2.45) is 5.41 Å². The molecule has 20 heavy (non-hydrogen) atoms. The largest absolute Gasteiger partial charge is 0.293 e. The van der Waals surface area contributed by atoms with Crippen LogP contribution in [0.4, 0.5) is 0 Å². The molecule has 0 N–H and O–H groups in total. The predicted molar refractivity (Wildman–Crippen MR) is 85.8 cm³/mol. The third-order valence-corrected chi connectivity index (χ3v) is 5.50. The van der Waals surface area contributed by atoms with Gasteiger partial charge in [0.15, 0.2) is 5.78 Å². The van der Waals surface area contributed by atoms with Gasteiger partial charge in [0.25, 0.3) is 0 Å². The molecule has 104 valence electrons. The Labute approximate surface area is 127 Å². The second-order valence-corrected chi connectivity index (χ2v) is 7.84. The summed E-state index contributed by atoms with van der Waals surface area (Å²) in [4.78, 5) is 19.0. The van der Waals surface area contributed by atoms with Crippen LogP contribution in [0, 0.1) is 5.41 Å². The fraction of sp³-hybridized carbons (Fsp3) is 0.375. The third-order valence-electron chi connectivity index (χ3n) is 3.57. The summed E-state index contributed by atoms with van der Waals surface area (Å²) in [5.41, 5.74) is 2.13. The zero-order chi connectivity index (χ0) is 14.3. The Balaban J connectivity index is 1.99. The van der Waals surface area contributed by atoms with Crippen LogP contribution >= 0.6 is 23.1 Å². The summed E-state index contributed by atoms with van der Waals surface area (Å²) < 4.78 is 0. The van der Waals surface area contributed by atoms with Crippen LogP contribution in [-0.4, -0.2) is 17.0 Å². The average molecular weight is 303 g/mol. The molecule has 0 radical (unpaired) electrons. The maximum absolute atomic E-state index is 12.2. The van der Waals surface area contributed by atoms with E-state index in [1.807, 2.05) is 0 Å². The molecule has 0 fully saturated rings. The number of ketones is 1. The van der Waals surface area contributed by atoms with Crippen LogP contribution < -0.4 is 0 Å². The van der Waals surface area contributed by atoms with Crippen LogP contribution in [0.2, 0.25) is 0 Å². The fourth-order valence-corrected chi connectivity index (χ4v) is 4.01. The van der Waals surface area contributed by atoms with Crippen LogP contribution in [0.5, 0.6) is 0 Å². The Morgan fingerprint density at radius 2 is 1.90 bits per heavy atom. The molecule has 1 aromatic carbocycles. The molecule has 0 bridgehead atoms. The van der Waals surface area contributed by atoms with Crippen LogP contribution in [0.3, 0.4) is 0 Å². The molecule has 2 aromatic rings. The van der Waals surface area contributed by atoms with E-state index in [0.29, 0.717) is 6.42 Å². The lowest BCUT2D eigenvalue weighted by Crippen LogP contribution is -2.25. The van der Waals surface area contributed by atoms with E-state index >= 15 is 0 Å². The van der Waals surface area contributed by atoms with Crippen LogP contribution in [0.25, 0.3) is 10.6 Å². The van der Waals surface area contributed by atoms with E-state index in [2.05, 4.69) is 44.4 Å². The van der Waals surface area contributed by atoms with Gasteiger partial charge in [0.05, 0.1) is 10.6 Å². The lowest BCUT2D eigenvalue weighted by molar-refractivity contribution is 0.0916. The lowest BCUT2D eigenvalue weighted by atomic mass is 9.78. The van der Waals surface area contributed by atoms with Crippen molar-refractivity contribution in [2.75, 3.05) is 6.26 Å². The van der Waals surface area contributed by atoms with Crippen LogP contribution in [0.15, 0.2) is 29.2 Å². The first kappa shape index (κ1) is 13.8. The molecule has 3 rings (SSSR count). The minimum atomic E-state index is 0.0398. The highest BCUT2D eigenvalue weighted by molar-refractivity contribution is 7.98. The average Bonchev–Trinajstić information content (AvgIpc) is 2.81. The van der Waals surface area contributed by atoms with Crippen molar-refractivity contribution < 1.29 is 4.79 Å². The summed E-state index contributed by atoms with van der Waals surface area (Å²) in [6.07, 6.45) is 3.60. The monoisotopic (exact) mass is 303 g/mol. The summed E-state index contributed by atoms with van der Waals surface area (Å²) in [5.74, 6) is 0.251. The van der Waals surface area contributed by atoms with Crippen molar-refractivity contribution in [3.05, 3.63) is 34.8 Å². The third kappa shape index (κ3) is 2.54. The molecule has 1 aliphatic rings. The molecule has 1 aliphatic carbocycles. The van der Waals surface area contributed by atoms with Gasteiger partial charge in [-0.05, 0) is 30.2 Å². The van der Waals surface area contributed by atoms with Gasteiger partial charge in [-0.25, -0.2) is 4.98 Å². The van der Waals surface area contributed by atoms with Gasteiger partial charge in [0, 0.05) is 16.9 Å². The highest BCUT2D eigenvalue weighted by Crippen LogP contribution is 2.39. The van der Waals surface area contributed by atoms with Gasteiger partial charge in [-0.2, -0.15) is 0 Å². The van der Waals surface area contributed by atoms with Gasteiger partial charge in [-0.3, -0.25) is 4.79 Å². The Morgan fingerprint density at radius 3 is 2.55 bits per heavy atom. The van der Waals surface area contributed by atoms with Crippen molar-refractivity contribution in [2.45, 2.75) is 31.6 Å². The van der Waals surface area contributed by atoms with Crippen molar-refractivity contribution in [1.29, 1.82) is 0 Å². The Hall–Kier alpha value is -1.13. The van der Waals surface area contributed by atoms with E-state index in [1.54, 1.807) is 23.1 Å². The number of hydrogen-bond donors (Lipinski definition) is 0. The first-order chi connectivity index (χ1) is 9.48. The quantitative estimate of drug-likeness (QED) is 0.754. The smallest absolute Gasteiger partial charge is 0.175 e. The SMILES string of the molecule is CSc1ccc(-c2nc3c(s2)C(=O)CC(C)(C)C3)cc1. The Morgan fingerprint density at radius 1 is 1.20 bits per heavy atom. The van der Waals surface area contributed by atoms with E-state index in [-0.39, 0.29) is 11.2 Å². The fourth-order valence-electron chi connectivity index (χ4n) is 2.58. The molecule has 0 saturated heterocycles. The number of carbonyl (C=O) groups is 1. The van der Waals surface area contributed by atoms with Crippen LogP contribution in [0.1, 0.15) is 35.6 Å². The topological polar surface area (TPSA) is 30.0 Å². The second-order valence-electron chi connectivity index (χ2n) is 5.96. The van der Waals surface area contributed by atoms with E-state index < -0.39 is 0 Å². The molecule has 0 unspecified atom stereocenters. The van der Waals surface area contributed by atoms with Crippen molar-refractivity contribution in [3.8, 4) is 10.6 Å². The zero-order valence-electron chi connectivity index (χ0n) is 11.9. The van der Waals surface area contributed by atoms with Crippen molar-refractivity contribution >= 4 is 28.9 Å². The molecule has 0 aliphatic heterocycles. The Kier molecular flexibility index (Phi) is 3.46. The molecule has 4 heteroatoms. The van der Waals surface area contributed by atoms with Gasteiger partial charge >= 0.3 is 0 Å². The minimum Gasteiger partial charge on any atom is -0.293 e. The van der Waals surface area contributed by atoms with E-state index in [4.69, 9.17) is 4.98 Å². The maximum Gasteiger partial charge on any atom is 0.175 e. The zero-order valence-corrected chi connectivity index (χ0v) is 13.5. The molecule has 0 amide bonds. The lowest BCUT2D eigenvalue weighted by Gasteiger charge is -2.26. The predicted octanol–water partition coefficient (Wildman–Crippen LogP) is 4.69. The Bertz CT molecular complexity index is 656. The number of fused-ring (bicyclic) bond motifs is 1. The first-order valence-electron chi connectivity index (χ1n) is 6.66. The highest BCUT2D eigenvalue weighted by Gasteiger charge is 2.33. The number of hydrogen-bond acceptors (Lipinski definition) is 4. The van der Waals surface area contributed by atoms with Gasteiger partial charge in [0.2, 0.25) is 0 Å². The standard InChI is InChI=1S/C16H17NOS2/c1-16(2)8-12-14(13(18)9-16)20-15(17-12)10-4-6-11(19-3)7-5-10/h4-7H,8-9H2,1-3H3. The number of rotatable bonds is 2. The van der Waals surface area contributed by atoms with E-state index in [9.17, 15) is 4.79 Å². The normalized spacial score (nSPS) is 17.1. The number of thiazole rings is 1. The second kappa shape index (κ2) is 5.01. The van der Waals surface area contributed by atoms with Gasteiger partial charge in [0.1, 0.15) is 5.01 Å².